The highest BCUT2D eigenvalue weighted by molar-refractivity contribution is 7.91. The number of rotatable bonds is 7. The van der Waals surface area contributed by atoms with Crippen LogP contribution in [0.3, 0.4) is 0 Å². The number of carbonyl (C=O) groups excluding carboxylic acids is 4. The highest BCUT2D eigenvalue weighted by atomic mass is 32.2. The number of halogens is 3. The van der Waals surface area contributed by atoms with Crippen molar-refractivity contribution in [2.75, 3.05) is 13.7 Å². The fourth-order valence-electron chi connectivity index (χ4n) is 6.97. The van der Waals surface area contributed by atoms with Crippen LogP contribution in [0.1, 0.15) is 84.8 Å². The van der Waals surface area contributed by atoms with E-state index in [1.54, 1.807) is 32.9 Å². The second-order valence-corrected chi connectivity index (χ2v) is 18.3. The van der Waals surface area contributed by atoms with E-state index in [0.29, 0.717) is 44.3 Å². The first-order valence-corrected chi connectivity index (χ1v) is 20.3. The summed E-state index contributed by atoms with van der Waals surface area (Å²) < 4.78 is 87.1. The molecule has 1 saturated heterocycles. The van der Waals surface area contributed by atoms with Crippen LogP contribution in [0.15, 0.2) is 42.5 Å². The smallest absolute Gasteiger partial charge is 0.438 e. The van der Waals surface area contributed by atoms with Crippen molar-refractivity contribution < 1.29 is 55.0 Å². The third-order valence-electron chi connectivity index (χ3n) is 10.6. The molecule has 3 N–H and O–H groups in total. The highest BCUT2D eigenvalue weighted by Gasteiger charge is 2.56. The lowest BCUT2D eigenvalue weighted by molar-refractivity contribution is -0.143. The average Bonchev–Trinajstić information content (AvgIpc) is 3.74. The molecule has 0 unspecified atom stereocenters. The molecule has 2 fully saturated rings. The van der Waals surface area contributed by atoms with Crippen molar-refractivity contribution in [2.45, 2.75) is 119 Å². The van der Waals surface area contributed by atoms with Gasteiger partial charge < -0.3 is 29.7 Å². The van der Waals surface area contributed by atoms with Crippen molar-refractivity contribution in [1.29, 1.82) is 0 Å². The van der Waals surface area contributed by atoms with Crippen LogP contribution >= 0.6 is 0 Å². The number of nitrogens with one attached hydrogen (secondary N) is 3. The number of benzene rings is 1. The van der Waals surface area contributed by atoms with E-state index in [9.17, 15) is 40.8 Å². The Morgan fingerprint density at radius 2 is 1.77 bits per heavy atom. The maximum atomic E-state index is 14.5. The van der Waals surface area contributed by atoms with Gasteiger partial charge in [-0.1, -0.05) is 37.1 Å². The Kier molecular flexibility index (Phi) is 11.3. The Balaban J connectivity index is 1.37. The van der Waals surface area contributed by atoms with Gasteiger partial charge in [0.1, 0.15) is 35.1 Å². The van der Waals surface area contributed by atoms with Gasteiger partial charge in [0.25, 0.3) is 5.91 Å². The van der Waals surface area contributed by atoms with E-state index in [1.165, 1.54) is 38.3 Å². The quantitative estimate of drug-likeness (QED) is 0.334. The third-order valence-corrected chi connectivity index (χ3v) is 12.7. The van der Waals surface area contributed by atoms with E-state index >= 15 is 0 Å². The summed E-state index contributed by atoms with van der Waals surface area (Å²) in [6.45, 7) is 6.02. The van der Waals surface area contributed by atoms with Crippen molar-refractivity contribution in [3.63, 3.8) is 0 Å². The van der Waals surface area contributed by atoms with Gasteiger partial charge in [0.05, 0.1) is 29.4 Å². The number of sulfonamides is 1. The monoisotopic (exact) mass is 820 g/mol. The SMILES string of the molecule is COc1ccc2nc(C(F)(F)F)c(O[C@@H]3C[C@H]4C(=O)N[C@]5(C(=O)NS(=O)(=O)C6(C)CC6)C=C[C@H]5/C=C\CCCCC[C@H](NC(=O)OC(C)(C)C)C(=O)N4C3)nc2c1. The fourth-order valence-corrected chi connectivity index (χ4v) is 8.27. The summed E-state index contributed by atoms with van der Waals surface area (Å²) in [6.07, 6.45) is 2.17. The van der Waals surface area contributed by atoms with Crippen molar-refractivity contribution in [1.82, 2.24) is 30.2 Å². The van der Waals surface area contributed by atoms with E-state index in [-0.39, 0.29) is 23.9 Å². The van der Waals surface area contributed by atoms with Crippen LogP contribution in [0.2, 0.25) is 0 Å². The molecule has 1 saturated carbocycles. The maximum absolute atomic E-state index is 14.5. The van der Waals surface area contributed by atoms with Gasteiger partial charge in [-0.2, -0.15) is 13.2 Å². The molecule has 6 rings (SSSR count). The van der Waals surface area contributed by atoms with E-state index in [1.807, 2.05) is 6.08 Å². The molecule has 57 heavy (non-hydrogen) atoms. The van der Waals surface area contributed by atoms with Crippen LogP contribution in [0.5, 0.6) is 11.6 Å². The Bertz CT molecular complexity index is 2100. The Morgan fingerprint density at radius 3 is 2.40 bits per heavy atom. The molecule has 2 aliphatic carbocycles. The van der Waals surface area contributed by atoms with Gasteiger partial charge in [-0.05, 0) is 71.9 Å². The molecule has 15 nitrogen and oxygen atoms in total. The number of hydrogen-bond donors (Lipinski definition) is 3. The molecular formula is C38H47F3N6O9S. The summed E-state index contributed by atoms with van der Waals surface area (Å²) in [5.74, 6) is -4.01. The zero-order chi connectivity index (χ0) is 41.6. The average molecular weight is 821 g/mol. The van der Waals surface area contributed by atoms with E-state index in [2.05, 4.69) is 25.3 Å². The second kappa shape index (κ2) is 15.4. The number of fused-ring (bicyclic) bond motifs is 3. The molecule has 4 amide bonds. The van der Waals surface area contributed by atoms with Crippen LogP contribution in [-0.4, -0.2) is 94.8 Å². The van der Waals surface area contributed by atoms with Crippen molar-refractivity contribution in [3.05, 3.63) is 48.2 Å². The van der Waals surface area contributed by atoms with Crippen molar-refractivity contribution in [2.24, 2.45) is 5.92 Å². The predicted octanol–water partition coefficient (Wildman–Crippen LogP) is 4.46. The van der Waals surface area contributed by atoms with Crippen molar-refractivity contribution in [3.8, 4) is 11.6 Å². The second-order valence-electron chi connectivity index (χ2n) is 16.1. The Labute approximate surface area is 328 Å². The molecule has 3 heterocycles. The number of alkyl halides is 3. The first kappa shape index (κ1) is 41.7. The largest absolute Gasteiger partial charge is 0.497 e. The van der Waals surface area contributed by atoms with Crippen molar-refractivity contribution >= 4 is 44.9 Å². The van der Waals surface area contributed by atoms with Crippen LogP contribution in [0.25, 0.3) is 11.0 Å². The molecular weight excluding hydrogens is 774 g/mol. The summed E-state index contributed by atoms with van der Waals surface area (Å²) in [5, 5.41) is 5.30. The molecule has 19 heteroatoms. The lowest BCUT2D eigenvalue weighted by Crippen LogP contribution is -2.67. The van der Waals surface area contributed by atoms with Crippen LogP contribution < -0.4 is 24.8 Å². The number of hydrogen-bond acceptors (Lipinski definition) is 11. The van der Waals surface area contributed by atoms with Gasteiger partial charge in [-0.3, -0.25) is 19.1 Å². The summed E-state index contributed by atoms with van der Waals surface area (Å²) >= 11 is 0. The summed E-state index contributed by atoms with van der Waals surface area (Å²) in [7, 11) is -2.77. The molecule has 2 aromatic rings. The summed E-state index contributed by atoms with van der Waals surface area (Å²) in [4.78, 5) is 64.8. The molecule has 310 valence electrons. The Morgan fingerprint density at radius 1 is 1.04 bits per heavy atom. The van der Waals surface area contributed by atoms with Gasteiger partial charge in [0, 0.05) is 18.4 Å². The lowest BCUT2D eigenvalue weighted by Gasteiger charge is -2.42. The number of nitrogens with zero attached hydrogens (tertiary/aromatic N) is 3. The fraction of sp³-hybridized carbons (Fsp3) is 0.579. The third kappa shape index (κ3) is 8.97. The molecule has 0 bridgehead atoms. The number of ether oxygens (including phenoxy) is 3. The highest BCUT2D eigenvalue weighted by Crippen LogP contribution is 2.43. The van der Waals surface area contributed by atoms with Crippen LogP contribution in [0, 0.1) is 5.92 Å². The molecule has 5 atom stereocenters. The van der Waals surface area contributed by atoms with Crippen LogP contribution in [0.4, 0.5) is 18.0 Å². The molecule has 0 radical (unpaired) electrons. The van der Waals surface area contributed by atoms with E-state index in [4.69, 9.17) is 14.2 Å². The standard InChI is InChI=1S/C38H47F3N6O9S/c1-35(2,3)56-34(51)44-26-12-10-8-6-7-9-11-22-15-16-37(22,33(50)46-57(52,53)36(4)17-18-36)45-30(48)28-20-24(21-47(28)32(26)49)55-31-29(38(39,40)41)42-25-14-13-23(54-5)19-27(25)43-31/h9,11,13-16,19,22,24,26,28H,6-8,10,12,17-18,20-21H2,1-5H3,(H,44,51)(H,45,48)(H,46,50)/b11-9-/t22-,24-,26+,28+,37-/m1/s1. The van der Waals surface area contributed by atoms with Gasteiger partial charge in [0.2, 0.25) is 33.4 Å². The molecule has 2 aliphatic heterocycles. The van der Waals surface area contributed by atoms with Gasteiger partial charge >= 0.3 is 12.3 Å². The minimum Gasteiger partial charge on any atom is -0.497 e. The molecule has 1 aromatic carbocycles. The van der Waals surface area contributed by atoms with Crippen LogP contribution in [-0.2, 0) is 35.3 Å². The lowest BCUT2D eigenvalue weighted by atomic mass is 9.73. The number of amides is 4. The predicted molar refractivity (Wildman–Crippen MR) is 199 cm³/mol. The summed E-state index contributed by atoms with van der Waals surface area (Å²) in [6, 6.07) is 1.44. The number of methoxy groups -OCH3 is 1. The minimum atomic E-state index is -5.01. The minimum absolute atomic E-state index is 0.0273. The number of alkyl carbamates (subject to hydrolysis) is 1. The maximum Gasteiger partial charge on any atom is 0.438 e. The first-order chi connectivity index (χ1) is 26.6. The topological polar surface area (TPSA) is 195 Å². The first-order valence-electron chi connectivity index (χ1n) is 18.8. The molecule has 0 spiro atoms. The van der Waals surface area contributed by atoms with Gasteiger partial charge in [-0.15, -0.1) is 0 Å². The van der Waals surface area contributed by atoms with E-state index < -0.39 is 98.1 Å². The van der Waals surface area contributed by atoms with Gasteiger partial charge in [-0.25, -0.2) is 23.2 Å². The van der Waals surface area contributed by atoms with Gasteiger partial charge in [0.15, 0.2) is 0 Å². The summed E-state index contributed by atoms with van der Waals surface area (Å²) in [5.41, 5.74) is -4.29. The number of allylic oxidation sites excluding steroid dienone is 1. The number of carbonyl (C=O) groups is 4. The molecule has 4 aliphatic rings. The normalized spacial score (nSPS) is 27.1. The number of aromatic nitrogens is 2. The zero-order valence-electron chi connectivity index (χ0n) is 32.3. The molecule has 1 aromatic heterocycles. The van der Waals surface area contributed by atoms with E-state index in [0.717, 1.165) is 4.90 Å². The zero-order valence-corrected chi connectivity index (χ0v) is 33.1. The Hall–Kier alpha value is -4.94.